The van der Waals surface area contributed by atoms with Gasteiger partial charge in [-0.1, -0.05) is 11.6 Å². The lowest BCUT2D eigenvalue weighted by molar-refractivity contribution is 0.571. The fraction of sp³-hybridized carbons (Fsp3) is 0.438. The van der Waals surface area contributed by atoms with Gasteiger partial charge in [0.15, 0.2) is 0 Å². The van der Waals surface area contributed by atoms with Crippen molar-refractivity contribution in [2.45, 2.75) is 25.3 Å². The number of aryl methyl sites for hydroxylation is 1. The Bertz CT molecular complexity index is 648. The molecule has 1 aromatic heterocycles. The highest BCUT2D eigenvalue weighted by molar-refractivity contribution is 6.31. The zero-order valence-corrected chi connectivity index (χ0v) is 13.5. The van der Waals surface area contributed by atoms with Gasteiger partial charge in [-0.2, -0.15) is 5.10 Å². The van der Waals surface area contributed by atoms with Gasteiger partial charge in [0.2, 0.25) is 0 Å². The van der Waals surface area contributed by atoms with Gasteiger partial charge in [0, 0.05) is 37.4 Å². The number of benzene rings is 1. The Balaban J connectivity index is 1.93. The summed E-state index contributed by atoms with van der Waals surface area (Å²) in [5, 5.41) is 8.82. The van der Waals surface area contributed by atoms with Crippen molar-refractivity contribution < 1.29 is 0 Å². The molecule has 0 aliphatic heterocycles. The molecule has 1 atom stereocenters. The van der Waals surface area contributed by atoms with Gasteiger partial charge in [-0.05, 0) is 37.5 Å². The van der Waals surface area contributed by atoms with Crippen LogP contribution in [0.3, 0.4) is 0 Å². The predicted molar refractivity (Wildman–Crippen MR) is 88.3 cm³/mol. The summed E-state index contributed by atoms with van der Waals surface area (Å²) in [5.74, 6) is 0. The van der Waals surface area contributed by atoms with Crippen LogP contribution in [0.5, 0.6) is 0 Å². The Hall–Kier alpha value is -1.68. The highest BCUT2D eigenvalue weighted by atomic mass is 35.5. The number of aromatic nitrogens is 2. The molecule has 1 heterocycles. The van der Waals surface area contributed by atoms with Gasteiger partial charge in [0.05, 0.1) is 23.6 Å². The topological polar surface area (TPSA) is 33.1 Å². The average Bonchev–Trinajstić information content (AvgIpc) is 2.82. The summed E-state index contributed by atoms with van der Waals surface area (Å²) >= 11 is 6.17. The average molecular weight is 305 g/mol. The van der Waals surface area contributed by atoms with E-state index in [1.165, 1.54) is 17.7 Å². The lowest BCUT2D eigenvalue weighted by atomic mass is 9.92. The minimum absolute atomic E-state index is 0.305. The Labute approximate surface area is 130 Å². The van der Waals surface area contributed by atoms with Crippen LogP contribution >= 0.6 is 11.6 Å². The van der Waals surface area contributed by atoms with E-state index in [4.69, 9.17) is 11.6 Å². The van der Waals surface area contributed by atoms with Crippen molar-refractivity contribution in [2.24, 2.45) is 7.05 Å². The fourth-order valence-electron chi connectivity index (χ4n) is 3.06. The Morgan fingerprint density at radius 1 is 1.38 bits per heavy atom. The normalized spacial score (nSPS) is 17.4. The molecule has 0 bridgehead atoms. The van der Waals surface area contributed by atoms with Crippen LogP contribution < -0.4 is 10.2 Å². The molecule has 2 aromatic rings. The minimum atomic E-state index is 0.305. The first-order chi connectivity index (χ1) is 10.1. The molecule has 3 rings (SSSR count). The summed E-state index contributed by atoms with van der Waals surface area (Å²) in [7, 11) is 6.11. The largest absolute Gasteiger partial charge is 0.376 e. The second-order valence-corrected chi connectivity index (χ2v) is 6.25. The lowest BCUT2D eigenvalue weighted by Gasteiger charge is -2.27. The molecule has 5 heteroatoms. The predicted octanol–water partition coefficient (Wildman–Crippen LogP) is 3.63. The Morgan fingerprint density at radius 2 is 2.19 bits per heavy atom. The molecule has 112 valence electrons. The van der Waals surface area contributed by atoms with Crippen LogP contribution in [0.4, 0.5) is 11.4 Å². The maximum atomic E-state index is 6.17. The molecule has 1 aromatic carbocycles. The number of rotatable bonds is 3. The number of halogens is 1. The van der Waals surface area contributed by atoms with Crippen LogP contribution in [-0.2, 0) is 13.5 Å². The third-order valence-electron chi connectivity index (χ3n) is 4.15. The van der Waals surface area contributed by atoms with E-state index in [2.05, 4.69) is 21.4 Å². The number of fused-ring (bicyclic) bond motifs is 1. The van der Waals surface area contributed by atoms with Gasteiger partial charge in [-0.3, -0.25) is 4.68 Å². The Morgan fingerprint density at radius 3 is 2.95 bits per heavy atom. The van der Waals surface area contributed by atoms with E-state index in [0.29, 0.717) is 6.04 Å². The molecule has 0 spiro atoms. The molecule has 1 aliphatic carbocycles. The van der Waals surface area contributed by atoms with Gasteiger partial charge in [0.1, 0.15) is 0 Å². The van der Waals surface area contributed by atoms with Crippen molar-refractivity contribution >= 4 is 23.0 Å². The zero-order valence-electron chi connectivity index (χ0n) is 12.7. The molecular weight excluding hydrogens is 284 g/mol. The highest BCUT2D eigenvalue weighted by Crippen LogP contribution is 2.36. The summed E-state index contributed by atoms with van der Waals surface area (Å²) < 4.78 is 1.99. The van der Waals surface area contributed by atoms with E-state index in [1.54, 1.807) is 0 Å². The molecule has 0 amide bonds. The van der Waals surface area contributed by atoms with E-state index in [1.807, 2.05) is 44.2 Å². The number of nitrogens with zero attached hydrogens (tertiary/aromatic N) is 3. The van der Waals surface area contributed by atoms with Crippen molar-refractivity contribution in [3.8, 4) is 0 Å². The molecule has 1 aliphatic rings. The van der Waals surface area contributed by atoms with Crippen molar-refractivity contribution in [1.82, 2.24) is 9.78 Å². The monoisotopic (exact) mass is 304 g/mol. The second kappa shape index (κ2) is 5.60. The van der Waals surface area contributed by atoms with Crippen molar-refractivity contribution in [3.05, 3.63) is 40.7 Å². The molecule has 0 saturated heterocycles. The van der Waals surface area contributed by atoms with Crippen LogP contribution in [0.15, 0.2) is 24.4 Å². The second-order valence-electron chi connectivity index (χ2n) is 5.82. The quantitative estimate of drug-likeness (QED) is 0.940. The molecule has 0 saturated carbocycles. The first-order valence-electron chi connectivity index (χ1n) is 7.30. The van der Waals surface area contributed by atoms with Gasteiger partial charge in [0.25, 0.3) is 0 Å². The number of hydrogen-bond acceptors (Lipinski definition) is 3. The van der Waals surface area contributed by atoms with Gasteiger partial charge < -0.3 is 10.2 Å². The van der Waals surface area contributed by atoms with E-state index in [9.17, 15) is 0 Å². The Kier molecular flexibility index (Phi) is 3.81. The van der Waals surface area contributed by atoms with Gasteiger partial charge in [-0.25, -0.2) is 0 Å². The van der Waals surface area contributed by atoms with E-state index < -0.39 is 0 Å². The fourth-order valence-corrected chi connectivity index (χ4v) is 3.23. The van der Waals surface area contributed by atoms with Crippen LogP contribution in [0, 0.1) is 0 Å². The number of nitrogens with one attached hydrogen (secondary N) is 1. The summed E-state index contributed by atoms with van der Waals surface area (Å²) in [6.07, 6.45) is 5.41. The van der Waals surface area contributed by atoms with Crippen molar-refractivity contribution in [3.63, 3.8) is 0 Å². The zero-order chi connectivity index (χ0) is 15.0. The molecule has 4 nitrogen and oxygen atoms in total. The molecule has 1 N–H and O–H groups in total. The van der Waals surface area contributed by atoms with Gasteiger partial charge in [-0.15, -0.1) is 0 Å². The first-order valence-corrected chi connectivity index (χ1v) is 7.68. The smallest absolute Gasteiger partial charge is 0.0598 e. The maximum absolute atomic E-state index is 6.17. The van der Waals surface area contributed by atoms with Crippen LogP contribution in [0.25, 0.3) is 0 Å². The number of anilines is 2. The summed E-state index contributed by atoms with van der Waals surface area (Å²) in [5.41, 5.74) is 4.88. The number of hydrogen-bond donors (Lipinski definition) is 1. The van der Waals surface area contributed by atoms with Crippen molar-refractivity contribution in [1.29, 1.82) is 0 Å². The first kappa shape index (κ1) is 14.3. The SMILES string of the molecule is CN(C)c1ccc(Cl)cc1NC1CCCc2c1cnn2C. The third kappa shape index (κ3) is 2.72. The third-order valence-corrected chi connectivity index (χ3v) is 4.38. The van der Waals surface area contributed by atoms with Crippen molar-refractivity contribution in [2.75, 3.05) is 24.3 Å². The van der Waals surface area contributed by atoms with Crippen LogP contribution in [0.2, 0.25) is 5.02 Å². The molecular formula is C16H21ClN4. The molecule has 21 heavy (non-hydrogen) atoms. The summed E-state index contributed by atoms with van der Waals surface area (Å²) in [6, 6.07) is 6.29. The highest BCUT2D eigenvalue weighted by Gasteiger charge is 2.24. The summed E-state index contributed by atoms with van der Waals surface area (Å²) in [6.45, 7) is 0. The molecule has 0 fully saturated rings. The summed E-state index contributed by atoms with van der Waals surface area (Å²) in [4.78, 5) is 2.10. The lowest BCUT2D eigenvalue weighted by Crippen LogP contribution is -2.19. The minimum Gasteiger partial charge on any atom is -0.376 e. The standard InChI is InChI=1S/C16H21ClN4/c1-20(2)16-8-7-11(17)9-14(16)19-13-5-4-6-15-12(13)10-18-21(15)3/h7-10,13,19H,4-6H2,1-3H3. The molecule has 1 unspecified atom stereocenters. The van der Waals surface area contributed by atoms with E-state index in [0.717, 1.165) is 29.2 Å². The maximum Gasteiger partial charge on any atom is 0.0598 e. The molecule has 0 radical (unpaired) electrons. The van der Waals surface area contributed by atoms with E-state index in [-0.39, 0.29) is 0 Å². The van der Waals surface area contributed by atoms with Gasteiger partial charge >= 0.3 is 0 Å². The van der Waals surface area contributed by atoms with Crippen LogP contribution in [0.1, 0.15) is 30.1 Å². The van der Waals surface area contributed by atoms with Crippen LogP contribution in [-0.4, -0.2) is 23.9 Å². The van der Waals surface area contributed by atoms with E-state index >= 15 is 0 Å².